The molecule has 1 saturated heterocycles. The van der Waals surface area contributed by atoms with Crippen LogP contribution in [0.1, 0.15) is 57.9 Å². The number of likely N-dealkylation sites (tertiary alicyclic amines) is 1. The van der Waals surface area contributed by atoms with Crippen molar-refractivity contribution in [3.05, 3.63) is 11.5 Å². The van der Waals surface area contributed by atoms with Gasteiger partial charge in [-0.2, -0.15) is 0 Å². The zero-order chi connectivity index (χ0) is 17.0. The van der Waals surface area contributed by atoms with Crippen molar-refractivity contribution < 1.29 is 14.1 Å². The molecule has 1 N–H and O–H groups in total. The monoisotopic (exact) mass is 321 g/mol. The van der Waals surface area contributed by atoms with Crippen molar-refractivity contribution >= 4 is 17.5 Å². The van der Waals surface area contributed by atoms with E-state index in [1.54, 1.807) is 11.8 Å². The fourth-order valence-corrected chi connectivity index (χ4v) is 3.40. The van der Waals surface area contributed by atoms with E-state index < -0.39 is 11.8 Å². The lowest BCUT2D eigenvalue weighted by atomic mass is 9.95. The number of amides is 2. The number of nitrogens with one attached hydrogen (secondary N) is 1. The van der Waals surface area contributed by atoms with Gasteiger partial charge in [-0.25, -0.2) is 0 Å². The van der Waals surface area contributed by atoms with E-state index in [4.69, 9.17) is 4.52 Å². The summed E-state index contributed by atoms with van der Waals surface area (Å²) in [5, 5.41) is 6.54. The molecule has 1 aromatic rings. The average molecular weight is 321 g/mol. The van der Waals surface area contributed by atoms with Gasteiger partial charge in [-0.3, -0.25) is 9.59 Å². The summed E-state index contributed by atoms with van der Waals surface area (Å²) in [6.45, 7) is 8.64. The molecule has 23 heavy (non-hydrogen) atoms. The van der Waals surface area contributed by atoms with Crippen LogP contribution in [0.3, 0.4) is 0 Å². The van der Waals surface area contributed by atoms with Crippen LogP contribution in [0.25, 0.3) is 0 Å². The third-order valence-electron chi connectivity index (χ3n) is 4.65. The zero-order valence-corrected chi connectivity index (χ0v) is 14.5. The van der Waals surface area contributed by atoms with E-state index in [1.807, 2.05) is 6.92 Å². The number of carbonyl (C=O) groups excluding carboxylic acids is 2. The second-order valence-electron chi connectivity index (χ2n) is 6.35. The van der Waals surface area contributed by atoms with Crippen molar-refractivity contribution in [1.29, 1.82) is 0 Å². The number of nitrogens with zero attached hydrogens (tertiary/aromatic N) is 2. The normalized spacial score (nSPS) is 19.0. The molecule has 1 fully saturated rings. The van der Waals surface area contributed by atoms with E-state index in [2.05, 4.69) is 24.3 Å². The van der Waals surface area contributed by atoms with Crippen LogP contribution >= 0.6 is 0 Å². The van der Waals surface area contributed by atoms with Gasteiger partial charge >= 0.3 is 11.8 Å². The highest BCUT2D eigenvalue weighted by atomic mass is 16.5. The molecule has 2 heterocycles. The molecule has 0 unspecified atom stereocenters. The van der Waals surface area contributed by atoms with Gasteiger partial charge in [0.05, 0.1) is 0 Å². The Balaban J connectivity index is 2.07. The molecule has 0 aromatic carbocycles. The van der Waals surface area contributed by atoms with Crippen LogP contribution < -0.4 is 5.32 Å². The highest BCUT2D eigenvalue weighted by molar-refractivity contribution is 6.39. The maximum Gasteiger partial charge on any atom is 0.314 e. The summed E-state index contributed by atoms with van der Waals surface area (Å²) >= 11 is 0. The van der Waals surface area contributed by atoms with Crippen LogP contribution in [-0.2, 0) is 16.0 Å². The molecule has 0 radical (unpaired) electrons. The van der Waals surface area contributed by atoms with Gasteiger partial charge in [-0.15, -0.1) is 0 Å². The maximum absolute atomic E-state index is 12.6. The van der Waals surface area contributed by atoms with Crippen LogP contribution in [-0.4, -0.2) is 34.5 Å². The number of aromatic nitrogens is 1. The van der Waals surface area contributed by atoms with E-state index in [-0.39, 0.29) is 6.04 Å². The first-order valence-corrected chi connectivity index (χ1v) is 8.56. The Hall–Kier alpha value is -1.85. The number of rotatable bonds is 5. The summed E-state index contributed by atoms with van der Waals surface area (Å²) < 4.78 is 5.15. The third kappa shape index (κ3) is 3.74. The smallest absolute Gasteiger partial charge is 0.314 e. The lowest BCUT2D eigenvalue weighted by molar-refractivity contribution is -0.144. The standard InChI is InChI=1S/C17H27N3O3/c1-5-8-11(3)13-9-7-10-20(13)17(22)16(21)18-15-12(4)19-23-14(15)6-2/h11,13H,5-10H2,1-4H3,(H,18,21)/t11-,13+/m1/s1. The second kappa shape index (κ2) is 7.62. The van der Waals surface area contributed by atoms with E-state index in [9.17, 15) is 9.59 Å². The Morgan fingerprint density at radius 3 is 2.83 bits per heavy atom. The molecule has 0 spiro atoms. The summed E-state index contributed by atoms with van der Waals surface area (Å²) in [6, 6.07) is 0.169. The molecule has 1 aliphatic rings. The predicted octanol–water partition coefficient (Wildman–Crippen LogP) is 2.91. The molecule has 0 aliphatic carbocycles. The number of carbonyl (C=O) groups is 2. The molecule has 2 amide bonds. The van der Waals surface area contributed by atoms with Gasteiger partial charge in [-0.1, -0.05) is 32.3 Å². The van der Waals surface area contributed by atoms with Gasteiger partial charge in [0.15, 0.2) is 5.76 Å². The molecule has 2 rings (SSSR count). The van der Waals surface area contributed by atoms with Crippen molar-refractivity contribution in [2.75, 3.05) is 11.9 Å². The van der Waals surface area contributed by atoms with Gasteiger partial charge in [-0.05, 0) is 32.1 Å². The lowest BCUT2D eigenvalue weighted by Gasteiger charge is -2.29. The minimum absolute atomic E-state index is 0.169. The second-order valence-corrected chi connectivity index (χ2v) is 6.35. The van der Waals surface area contributed by atoms with E-state index in [1.165, 1.54) is 0 Å². The highest BCUT2D eigenvalue weighted by Gasteiger charge is 2.35. The molecular formula is C17H27N3O3. The molecule has 6 heteroatoms. The molecule has 1 aliphatic heterocycles. The van der Waals surface area contributed by atoms with Gasteiger partial charge in [0, 0.05) is 19.0 Å². The molecule has 0 bridgehead atoms. The summed E-state index contributed by atoms with van der Waals surface area (Å²) in [5.74, 6) is -0.0246. The average Bonchev–Trinajstić information content (AvgIpc) is 3.14. The lowest BCUT2D eigenvalue weighted by Crippen LogP contribution is -2.45. The van der Waals surface area contributed by atoms with Crippen LogP contribution in [0.15, 0.2) is 4.52 Å². The molecular weight excluding hydrogens is 294 g/mol. The molecule has 128 valence electrons. The quantitative estimate of drug-likeness (QED) is 0.846. The van der Waals surface area contributed by atoms with Crippen LogP contribution in [0, 0.1) is 12.8 Å². The Kier molecular flexibility index (Phi) is 5.80. The Labute approximate surface area is 137 Å². The van der Waals surface area contributed by atoms with Crippen molar-refractivity contribution in [2.45, 2.75) is 65.8 Å². The minimum Gasteiger partial charge on any atom is -0.359 e. The zero-order valence-electron chi connectivity index (χ0n) is 14.5. The third-order valence-corrected chi connectivity index (χ3v) is 4.65. The fraction of sp³-hybridized carbons (Fsp3) is 0.706. The van der Waals surface area contributed by atoms with Crippen molar-refractivity contribution in [3.63, 3.8) is 0 Å². The number of hydrogen-bond acceptors (Lipinski definition) is 4. The van der Waals surface area contributed by atoms with Gasteiger partial charge < -0.3 is 14.7 Å². The van der Waals surface area contributed by atoms with Gasteiger partial charge in [0.25, 0.3) is 0 Å². The van der Waals surface area contributed by atoms with Gasteiger partial charge in [0.2, 0.25) is 0 Å². The first-order valence-electron chi connectivity index (χ1n) is 8.56. The fourth-order valence-electron chi connectivity index (χ4n) is 3.40. The Morgan fingerprint density at radius 2 is 2.17 bits per heavy atom. The Morgan fingerprint density at radius 1 is 1.43 bits per heavy atom. The highest BCUT2D eigenvalue weighted by Crippen LogP contribution is 2.27. The molecule has 2 atom stereocenters. The van der Waals surface area contributed by atoms with Crippen LogP contribution in [0.2, 0.25) is 0 Å². The topological polar surface area (TPSA) is 75.4 Å². The van der Waals surface area contributed by atoms with E-state index >= 15 is 0 Å². The van der Waals surface area contributed by atoms with Crippen molar-refractivity contribution in [3.8, 4) is 0 Å². The maximum atomic E-state index is 12.6. The summed E-state index contributed by atoms with van der Waals surface area (Å²) in [5.41, 5.74) is 1.13. The van der Waals surface area contributed by atoms with Crippen molar-refractivity contribution in [2.24, 2.45) is 5.92 Å². The number of hydrogen-bond donors (Lipinski definition) is 1. The molecule has 1 aromatic heterocycles. The number of aryl methyl sites for hydroxylation is 2. The van der Waals surface area contributed by atoms with Crippen LogP contribution in [0.4, 0.5) is 5.69 Å². The first-order chi connectivity index (χ1) is 11.0. The minimum atomic E-state index is -0.596. The summed E-state index contributed by atoms with van der Waals surface area (Å²) in [4.78, 5) is 26.7. The molecule has 6 nitrogen and oxygen atoms in total. The SMILES string of the molecule is CCC[C@@H](C)[C@@H]1CCCN1C(=O)C(=O)Nc1c(C)noc1CC. The van der Waals surface area contributed by atoms with E-state index in [0.717, 1.165) is 25.7 Å². The summed E-state index contributed by atoms with van der Waals surface area (Å²) in [6.07, 6.45) is 4.72. The summed E-state index contributed by atoms with van der Waals surface area (Å²) in [7, 11) is 0. The number of anilines is 1. The van der Waals surface area contributed by atoms with Crippen molar-refractivity contribution in [1.82, 2.24) is 10.1 Å². The van der Waals surface area contributed by atoms with Gasteiger partial charge in [0.1, 0.15) is 11.4 Å². The largest absolute Gasteiger partial charge is 0.359 e. The predicted molar refractivity (Wildman–Crippen MR) is 88.1 cm³/mol. The van der Waals surface area contributed by atoms with E-state index in [0.29, 0.717) is 36.0 Å². The van der Waals surface area contributed by atoms with Crippen LogP contribution in [0.5, 0.6) is 0 Å². The first kappa shape index (κ1) is 17.5. The Bertz CT molecular complexity index is 567. The molecule has 0 saturated carbocycles.